The lowest BCUT2D eigenvalue weighted by Crippen LogP contribution is -2.12. The van der Waals surface area contributed by atoms with Crippen LogP contribution in [0, 0.1) is 6.92 Å². The minimum Gasteiger partial charge on any atom is -0.316 e. The van der Waals surface area contributed by atoms with Gasteiger partial charge in [0.2, 0.25) is 5.91 Å². The SMILES string of the molecule is Cc1ccc(C(=O)CCC(=O)Nc2cc(-c3ccccc3)ns2)s1. The molecule has 3 rings (SSSR count). The topological polar surface area (TPSA) is 59.1 Å². The van der Waals surface area contributed by atoms with Crippen LogP contribution in [0.15, 0.2) is 48.5 Å². The first kappa shape index (κ1) is 16.5. The lowest BCUT2D eigenvalue weighted by molar-refractivity contribution is -0.116. The molecule has 0 bridgehead atoms. The van der Waals surface area contributed by atoms with Crippen LogP contribution in [0.25, 0.3) is 11.3 Å². The van der Waals surface area contributed by atoms with E-state index in [0.717, 1.165) is 16.1 Å². The van der Waals surface area contributed by atoms with Gasteiger partial charge in [0.1, 0.15) is 5.00 Å². The maximum absolute atomic E-state index is 12.0. The number of amides is 1. The van der Waals surface area contributed by atoms with E-state index in [0.29, 0.717) is 9.88 Å². The zero-order valence-corrected chi connectivity index (χ0v) is 14.7. The normalized spacial score (nSPS) is 10.5. The zero-order chi connectivity index (χ0) is 16.9. The van der Waals surface area contributed by atoms with E-state index in [2.05, 4.69) is 9.69 Å². The number of carbonyl (C=O) groups excluding carboxylic acids is 2. The molecule has 3 aromatic rings. The summed E-state index contributed by atoms with van der Waals surface area (Å²) in [4.78, 5) is 25.9. The summed E-state index contributed by atoms with van der Waals surface area (Å²) in [5, 5.41) is 3.51. The van der Waals surface area contributed by atoms with Crippen LogP contribution in [0.5, 0.6) is 0 Å². The van der Waals surface area contributed by atoms with Gasteiger partial charge in [-0.25, -0.2) is 0 Å². The molecule has 6 heteroatoms. The second-order valence-corrected chi connectivity index (χ2v) is 7.42. The number of Topliss-reactive ketones (excluding diaryl/α,β-unsaturated/α-hetero) is 1. The van der Waals surface area contributed by atoms with Gasteiger partial charge in [-0.1, -0.05) is 30.3 Å². The summed E-state index contributed by atoms with van der Waals surface area (Å²) in [6.07, 6.45) is 0.393. The average molecular weight is 356 g/mol. The molecule has 1 amide bonds. The second kappa shape index (κ2) is 7.51. The van der Waals surface area contributed by atoms with Gasteiger partial charge in [0, 0.05) is 29.3 Å². The van der Waals surface area contributed by atoms with E-state index in [9.17, 15) is 9.59 Å². The minimum atomic E-state index is -0.167. The lowest BCUT2D eigenvalue weighted by atomic mass is 10.1. The number of hydrogen-bond acceptors (Lipinski definition) is 5. The fourth-order valence-corrected chi connectivity index (χ4v) is 3.73. The van der Waals surface area contributed by atoms with Gasteiger partial charge in [-0.3, -0.25) is 9.59 Å². The van der Waals surface area contributed by atoms with E-state index >= 15 is 0 Å². The molecular weight excluding hydrogens is 340 g/mol. The van der Waals surface area contributed by atoms with Crippen molar-refractivity contribution in [3.05, 3.63) is 58.3 Å². The third-order valence-electron chi connectivity index (χ3n) is 3.44. The Kier molecular flexibility index (Phi) is 5.17. The van der Waals surface area contributed by atoms with Gasteiger partial charge in [0.05, 0.1) is 10.6 Å². The van der Waals surface area contributed by atoms with Gasteiger partial charge in [-0.05, 0) is 30.6 Å². The maximum Gasteiger partial charge on any atom is 0.225 e. The average Bonchev–Trinajstić information content (AvgIpc) is 3.23. The molecule has 2 heterocycles. The van der Waals surface area contributed by atoms with E-state index in [1.165, 1.54) is 22.9 Å². The van der Waals surface area contributed by atoms with Crippen LogP contribution in [0.4, 0.5) is 5.00 Å². The molecule has 0 saturated carbocycles. The molecule has 0 atom stereocenters. The lowest BCUT2D eigenvalue weighted by Gasteiger charge is -2.01. The van der Waals surface area contributed by atoms with Crippen LogP contribution in [0.1, 0.15) is 27.4 Å². The largest absolute Gasteiger partial charge is 0.316 e. The Morgan fingerprint density at radius 2 is 1.88 bits per heavy atom. The highest BCUT2D eigenvalue weighted by molar-refractivity contribution is 7.14. The number of hydrogen-bond donors (Lipinski definition) is 1. The number of ketones is 1. The van der Waals surface area contributed by atoms with Crippen molar-refractivity contribution in [3.8, 4) is 11.3 Å². The number of aryl methyl sites for hydroxylation is 1. The number of aromatic nitrogens is 1. The summed E-state index contributed by atoms with van der Waals surface area (Å²) in [6.45, 7) is 1.96. The Labute approximate surface area is 148 Å². The van der Waals surface area contributed by atoms with E-state index in [-0.39, 0.29) is 24.5 Å². The Balaban J connectivity index is 1.54. The number of rotatable bonds is 6. The quantitative estimate of drug-likeness (QED) is 0.647. The van der Waals surface area contributed by atoms with Crippen molar-refractivity contribution in [1.82, 2.24) is 4.37 Å². The fourth-order valence-electron chi connectivity index (χ4n) is 2.21. The van der Waals surface area contributed by atoms with Gasteiger partial charge in [0.15, 0.2) is 5.78 Å². The molecule has 122 valence electrons. The Morgan fingerprint density at radius 1 is 1.08 bits per heavy atom. The van der Waals surface area contributed by atoms with Crippen LogP contribution in [-0.2, 0) is 4.79 Å². The van der Waals surface area contributed by atoms with Crippen LogP contribution in [0.2, 0.25) is 0 Å². The Bertz CT molecular complexity index is 853. The molecule has 0 aliphatic heterocycles. The monoisotopic (exact) mass is 356 g/mol. The molecule has 24 heavy (non-hydrogen) atoms. The van der Waals surface area contributed by atoms with Crippen LogP contribution in [0.3, 0.4) is 0 Å². The Hall–Kier alpha value is -2.31. The Morgan fingerprint density at radius 3 is 2.58 bits per heavy atom. The van der Waals surface area contributed by atoms with Crippen molar-refractivity contribution >= 4 is 39.6 Å². The molecule has 4 nitrogen and oxygen atoms in total. The number of nitrogens with one attached hydrogen (secondary N) is 1. The van der Waals surface area contributed by atoms with Crippen molar-refractivity contribution < 1.29 is 9.59 Å². The van der Waals surface area contributed by atoms with Gasteiger partial charge < -0.3 is 5.32 Å². The highest BCUT2D eigenvalue weighted by Gasteiger charge is 2.12. The van der Waals surface area contributed by atoms with Gasteiger partial charge in [-0.2, -0.15) is 4.37 Å². The van der Waals surface area contributed by atoms with Gasteiger partial charge in [-0.15, -0.1) is 11.3 Å². The van der Waals surface area contributed by atoms with E-state index in [4.69, 9.17) is 0 Å². The van der Waals surface area contributed by atoms with Crippen LogP contribution in [-0.4, -0.2) is 16.1 Å². The van der Waals surface area contributed by atoms with E-state index in [1.807, 2.05) is 55.5 Å². The van der Waals surface area contributed by atoms with E-state index in [1.54, 1.807) is 0 Å². The van der Waals surface area contributed by atoms with Crippen molar-refractivity contribution in [2.75, 3.05) is 5.32 Å². The standard InChI is InChI=1S/C18H16N2O2S2/c1-12-7-9-16(23-12)15(21)8-10-17(22)19-18-11-14(20-24-18)13-5-3-2-4-6-13/h2-7,9,11H,8,10H2,1H3,(H,19,22). The predicted molar refractivity (Wildman–Crippen MR) is 98.8 cm³/mol. The first-order valence-corrected chi connectivity index (χ1v) is 9.12. The van der Waals surface area contributed by atoms with Crippen molar-refractivity contribution in [3.63, 3.8) is 0 Å². The maximum atomic E-state index is 12.0. The number of anilines is 1. The van der Waals surface area contributed by atoms with Crippen molar-refractivity contribution in [2.24, 2.45) is 0 Å². The molecule has 1 aromatic carbocycles. The number of nitrogens with zero attached hydrogens (tertiary/aromatic N) is 1. The molecule has 1 N–H and O–H groups in total. The summed E-state index contributed by atoms with van der Waals surface area (Å²) < 4.78 is 4.35. The molecular formula is C18H16N2O2S2. The van der Waals surface area contributed by atoms with Crippen LogP contribution < -0.4 is 5.32 Å². The minimum absolute atomic E-state index is 0.0116. The zero-order valence-electron chi connectivity index (χ0n) is 13.1. The first-order chi connectivity index (χ1) is 11.6. The van der Waals surface area contributed by atoms with Gasteiger partial charge in [0.25, 0.3) is 0 Å². The number of benzene rings is 1. The number of carbonyl (C=O) groups is 2. The molecule has 0 fully saturated rings. The third kappa shape index (κ3) is 4.15. The smallest absolute Gasteiger partial charge is 0.225 e. The molecule has 0 radical (unpaired) electrons. The molecule has 0 saturated heterocycles. The second-order valence-electron chi connectivity index (χ2n) is 5.32. The molecule has 2 aromatic heterocycles. The van der Waals surface area contributed by atoms with Crippen molar-refractivity contribution in [1.29, 1.82) is 0 Å². The summed E-state index contributed by atoms with van der Waals surface area (Å²) in [5.74, 6) is -0.155. The van der Waals surface area contributed by atoms with E-state index < -0.39 is 0 Å². The summed E-state index contributed by atoms with van der Waals surface area (Å²) >= 11 is 2.71. The highest BCUT2D eigenvalue weighted by atomic mass is 32.1. The fraction of sp³-hybridized carbons (Fsp3) is 0.167. The third-order valence-corrected chi connectivity index (χ3v) is 5.18. The number of thiophene rings is 1. The summed E-state index contributed by atoms with van der Waals surface area (Å²) in [6, 6.07) is 15.4. The molecule has 0 unspecified atom stereocenters. The summed E-state index contributed by atoms with van der Waals surface area (Å²) in [7, 11) is 0. The van der Waals surface area contributed by atoms with Crippen LogP contribution >= 0.6 is 22.9 Å². The molecule has 0 spiro atoms. The van der Waals surface area contributed by atoms with Gasteiger partial charge >= 0.3 is 0 Å². The highest BCUT2D eigenvalue weighted by Crippen LogP contribution is 2.25. The summed E-state index contributed by atoms with van der Waals surface area (Å²) in [5.41, 5.74) is 1.85. The molecule has 0 aliphatic carbocycles. The first-order valence-electron chi connectivity index (χ1n) is 7.53. The molecule has 0 aliphatic rings. The van der Waals surface area contributed by atoms with Crippen molar-refractivity contribution in [2.45, 2.75) is 19.8 Å². The predicted octanol–water partition coefficient (Wildman–Crippen LogP) is 4.78.